The van der Waals surface area contributed by atoms with E-state index in [9.17, 15) is 4.79 Å². The molecule has 1 fully saturated rings. The van der Waals surface area contributed by atoms with E-state index >= 15 is 0 Å². The van der Waals surface area contributed by atoms with Gasteiger partial charge < -0.3 is 4.90 Å². The van der Waals surface area contributed by atoms with Crippen LogP contribution in [0, 0.1) is 0 Å². The fourth-order valence-corrected chi connectivity index (χ4v) is 3.25. The Bertz CT molecular complexity index is 435. The number of carbonyl (C=O) groups excluding carboxylic acids is 1. The minimum atomic E-state index is 0.302. The summed E-state index contributed by atoms with van der Waals surface area (Å²) in [6, 6.07) is 8.38. The van der Waals surface area contributed by atoms with Crippen molar-refractivity contribution in [3.63, 3.8) is 0 Å². The first-order valence-corrected chi connectivity index (χ1v) is 8.55. The van der Waals surface area contributed by atoms with E-state index < -0.39 is 0 Å². The molecule has 0 radical (unpaired) electrons. The first-order chi connectivity index (χ1) is 10.2. The van der Waals surface area contributed by atoms with E-state index in [4.69, 9.17) is 11.6 Å². The summed E-state index contributed by atoms with van der Waals surface area (Å²) < 4.78 is 0. The third-order valence-electron chi connectivity index (χ3n) is 4.54. The third-order valence-corrected chi connectivity index (χ3v) is 4.79. The van der Waals surface area contributed by atoms with Gasteiger partial charge in [0.2, 0.25) is 5.91 Å². The van der Waals surface area contributed by atoms with E-state index in [-0.39, 0.29) is 0 Å². The monoisotopic (exact) mass is 307 g/mol. The van der Waals surface area contributed by atoms with Crippen LogP contribution in [0.15, 0.2) is 24.3 Å². The Morgan fingerprint density at radius 3 is 2.38 bits per heavy atom. The van der Waals surface area contributed by atoms with Gasteiger partial charge in [-0.15, -0.1) is 0 Å². The largest absolute Gasteiger partial charge is 0.343 e. The Morgan fingerprint density at radius 2 is 1.76 bits per heavy atom. The second-order valence-electron chi connectivity index (χ2n) is 6.13. The molecule has 0 unspecified atom stereocenters. The molecule has 3 heteroatoms. The van der Waals surface area contributed by atoms with Gasteiger partial charge in [0.25, 0.3) is 0 Å². The number of halogens is 1. The minimum absolute atomic E-state index is 0.302. The van der Waals surface area contributed by atoms with Crippen molar-refractivity contribution < 1.29 is 4.79 Å². The van der Waals surface area contributed by atoms with Gasteiger partial charge in [0, 0.05) is 24.5 Å². The summed E-state index contributed by atoms with van der Waals surface area (Å²) in [5.41, 5.74) is 1.25. The lowest BCUT2D eigenvalue weighted by molar-refractivity contribution is -0.132. The highest BCUT2D eigenvalue weighted by Crippen LogP contribution is 2.22. The molecule has 0 atom stereocenters. The summed E-state index contributed by atoms with van der Waals surface area (Å²) in [5.74, 6) is 0.302. The van der Waals surface area contributed by atoms with Crippen LogP contribution in [0.25, 0.3) is 0 Å². The number of nitrogens with zero attached hydrogens (tertiary/aromatic N) is 1. The average molecular weight is 308 g/mol. The molecule has 116 valence electrons. The maximum Gasteiger partial charge on any atom is 0.222 e. The number of benzene rings is 1. The van der Waals surface area contributed by atoms with Crippen molar-refractivity contribution in [2.24, 2.45) is 0 Å². The van der Waals surface area contributed by atoms with Crippen molar-refractivity contribution in [3.8, 4) is 0 Å². The molecule has 0 aliphatic heterocycles. The first kappa shape index (κ1) is 16.4. The second kappa shape index (κ2) is 8.43. The molecule has 1 amide bonds. The van der Waals surface area contributed by atoms with Crippen LogP contribution in [0.1, 0.15) is 56.9 Å². The molecule has 1 aromatic carbocycles. The zero-order valence-corrected chi connectivity index (χ0v) is 13.7. The molecule has 1 aliphatic carbocycles. The van der Waals surface area contributed by atoms with E-state index in [0.717, 1.165) is 17.9 Å². The number of amides is 1. The Balaban J connectivity index is 1.74. The van der Waals surface area contributed by atoms with E-state index in [1.54, 1.807) is 0 Å². The molecule has 21 heavy (non-hydrogen) atoms. The standard InChI is InChI=1S/C18H26ClNO/c1-20(17-8-4-2-3-5-9-17)18(21)10-6-7-15-11-13-16(19)14-12-15/h11-14,17H,2-10H2,1H3. The number of hydrogen-bond acceptors (Lipinski definition) is 1. The summed E-state index contributed by atoms with van der Waals surface area (Å²) in [6.07, 6.45) is 10.1. The van der Waals surface area contributed by atoms with Crippen LogP contribution in [-0.2, 0) is 11.2 Å². The molecule has 0 bridgehead atoms. The molecule has 2 nitrogen and oxygen atoms in total. The molecular weight excluding hydrogens is 282 g/mol. The van der Waals surface area contributed by atoms with Crippen LogP contribution in [0.5, 0.6) is 0 Å². The zero-order valence-electron chi connectivity index (χ0n) is 13.0. The predicted molar refractivity (Wildman–Crippen MR) is 88.7 cm³/mol. The topological polar surface area (TPSA) is 20.3 Å². The molecule has 0 N–H and O–H groups in total. The summed E-state index contributed by atoms with van der Waals surface area (Å²) in [5, 5.41) is 0.767. The van der Waals surface area contributed by atoms with E-state index in [2.05, 4.69) is 0 Å². The predicted octanol–water partition coefficient (Wildman–Crippen LogP) is 4.84. The number of aryl methyl sites for hydroxylation is 1. The van der Waals surface area contributed by atoms with Gasteiger partial charge >= 0.3 is 0 Å². The Labute approximate surface area is 133 Å². The number of hydrogen-bond donors (Lipinski definition) is 0. The fraction of sp³-hybridized carbons (Fsp3) is 0.611. The highest BCUT2D eigenvalue weighted by molar-refractivity contribution is 6.30. The van der Waals surface area contributed by atoms with Crippen LogP contribution in [0.4, 0.5) is 0 Å². The smallest absolute Gasteiger partial charge is 0.222 e. The van der Waals surface area contributed by atoms with Gasteiger partial charge in [0.15, 0.2) is 0 Å². The maximum atomic E-state index is 12.3. The van der Waals surface area contributed by atoms with Crippen LogP contribution in [-0.4, -0.2) is 23.9 Å². The first-order valence-electron chi connectivity index (χ1n) is 8.17. The lowest BCUT2D eigenvalue weighted by atomic mass is 10.1. The molecule has 2 rings (SSSR count). The molecule has 0 heterocycles. The minimum Gasteiger partial charge on any atom is -0.343 e. The fourth-order valence-electron chi connectivity index (χ4n) is 3.12. The van der Waals surface area contributed by atoms with Gasteiger partial charge in [0.1, 0.15) is 0 Å². The van der Waals surface area contributed by atoms with Gasteiger partial charge in [-0.3, -0.25) is 4.79 Å². The Morgan fingerprint density at radius 1 is 1.14 bits per heavy atom. The summed E-state index contributed by atoms with van der Waals surface area (Å²) >= 11 is 5.88. The molecular formula is C18H26ClNO. The SMILES string of the molecule is CN(C(=O)CCCc1ccc(Cl)cc1)C1CCCCCC1. The van der Waals surface area contributed by atoms with Crippen LogP contribution in [0.3, 0.4) is 0 Å². The van der Waals surface area contributed by atoms with Gasteiger partial charge in [-0.25, -0.2) is 0 Å². The zero-order chi connectivity index (χ0) is 15.1. The second-order valence-corrected chi connectivity index (χ2v) is 6.57. The van der Waals surface area contributed by atoms with Crippen molar-refractivity contribution in [2.75, 3.05) is 7.05 Å². The molecule has 0 aromatic heterocycles. The van der Waals surface area contributed by atoms with Gasteiger partial charge in [0.05, 0.1) is 0 Å². The van der Waals surface area contributed by atoms with Crippen LogP contribution >= 0.6 is 11.6 Å². The lowest BCUT2D eigenvalue weighted by Crippen LogP contribution is -2.36. The summed E-state index contributed by atoms with van der Waals surface area (Å²) in [4.78, 5) is 14.3. The average Bonchev–Trinajstić information content (AvgIpc) is 2.77. The van der Waals surface area contributed by atoms with Gasteiger partial charge in [-0.1, -0.05) is 49.4 Å². The normalized spacial score (nSPS) is 16.5. The molecule has 1 aliphatic rings. The van der Waals surface area contributed by atoms with Gasteiger partial charge in [-0.2, -0.15) is 0 Å². The molecule has 0 spiro atoms. The quantitative estimate of drug-likeness (QED) is 0.712. The lowest BCUT2D eigenvalue weighted by Gasteiger charge is -2.27. The van der Waals surface area contributed by atoms with Crippen molar-refractivity contribution in [1.29, 1.82) is 0 Å². The van der Waals surface area contributed by atoms with Crippen molar-refractivity contribution >= 4 is 17.5 Å². The molecule has 1 saturated carbocycles. The van der Waals surface area contributed by atoms with Crippen molar-refractivity contribution in [2.45, 2.75) is 63.8 Å². The third kappa shape index (κ3) is 5.35. The molecule has 0 saturated heterocycles. The number of rotatable bonds is 5. The Kier molecular flexibility index (Phi) is 6.56. The van der Waals surface area contributed by atoms with Crippen LogP contribution < -0.4 is 0 Å². The van der Waals surface area contributed by atoms with E-state index in [1.807, 2.05) is 36.2 Å². The van der Waals surface area contributed by atoms with Crippen molar-refractivity contribution in [3.05, 3.63) is 34.9 Å². The Hall–Kier alpha value is -1.02. The number of carbonyl (C=O) groups is 1. The highest BCUT2D eigenvalue weighted by atomic mass is 35.5. The highest BCUT2D eigenvalue weighted by Gasteiger charge is 2.20. The summed E-state index contributed by atoms with van der Waals surface area (Å²) in [7, 11) is 1.99. The van der Waals surface area contributed by atoms with E-state index in [1.165, 1.54) is 44.1 Å². The summed E-state index contributed by atoms with van der Waals surface area (Å²) in [6.45, 7) is 0. The van der Waals surface area contributed by atoms with E-state index in [0.29, 0.717) is 18.4 Å². The van der Waals surface area contributed by atoms with Crippen LogP contribution in [0.2, 0.25) is 5.02 Å². The van der Waals surface area contributed by atoms with Gasteiger partial charge in [-0.05, 0) is 43.4 Å². The maximum absolute atomic E-state index is 12.3. The molecule has 1 aromatic rings. The van der Waals surface area contributed by atoms with Crippen molar-refractivity contribution in [1.82, 2.24) is 4.90 Å².